The number of hydrogen-bond acceptors (Lipinski definition) is 4. The monoisotopic (exact) mass is 378 g/mol. The van der Waals surface area contributed by atoms with Crippen LogP contribution in [0.15, 0.2) is 27.6 Å². The van der Waals surface area contributed by atoms with Gasteiger partial charge in [-0.25, -0.2) is 13.1 Å². The Labute approximate surface area is 133 Å². The van der Waals surface area contributed by atoms with Gasteiger partial charge in [0, 0.05) is 29.4 Å². The van der Waals surface area contributed by atoms with Gasteiger partial charge < -0.3 is 5.32 Å². The van der Waals surface area contributed by atoms with Crippen LogP contribution in [0.3, 0.4) is 0 Å². The maximum absolute atomic E-state index is 12.1. The summed E-state index contributed by atoms with van der Waals surface area (Å²) in [6.45, 7) is 1.23. The Kier molecular flexibility index (Phi) is 5.92. The third-order valence-electron chi connectivity index (χ3n) is 3.06. The van der Waals surface area contributed by atoms with Crippen molar-refractivity contribution in [3.63, 3.8) is 0 Å². The second kappa shape index (κ2) is 7.26. The van der Waals surface area contributed by atoms with Gasteiger partial charge in [-0.05, 0) is 52.7 Å². The molecule has 0 unspecified atom stereocenters. The van der Waals surface area contributed by atoms with Crippen molar-refractivity contribution in [2.75, 3.05) is 18.6 Å². The highest BCUT2D eigenvalue weighted by Crippen LogP contribution is 2.24. The largest absolute Gasteiger partial charge is 0.310 e. The van der Waals surface area contributed by atoms with Crippen LogP contribution in [0.5, 0.6) is 0 Å². The van der Waals surface area contributed by atoms with Crippen LogP contribution in [0, 0.1) is 0 Å². The molecule has 1 aliphatic rings. The van der Waals surface area contributed by atoms with Crippen LogP contribution in [0.25, 0.3) is 0 Å². The molecule has 0 aliphatic heterocycles. The van der Waals surface area contributed by atoms with Gasteiger partial charge in [-0.1, -0.05) is 6.07 Å². The first-order valence-corrected chi connectivity index (χ1v) is 10.2. The normalized spacial score (nSPS) is 15.5. The van der Waals surface area contributed by atoms with E-state index in [0.29, 0.717) is 22.0 Å². The van der Waals surface area contributed by atoms with Gasteiger partial charge in [-0.15, -0.1) is 0 Å². The summed E-state index contributed by atoms with van der Waals surface area (Å²) in [5.74, 6) is 0.764. The SMILES string of the molecule is CSCCNS(=O)(=O)c1ccc(CNC2CC2)cc1Br. The average Bonchev–Trinajstić information content (AvgIpc) is 3.20. The highest BCUT2D eigenvalue weighted by Gasteiger charge is 2.21. The summed E-state index contributed by atoms with van der Waals surface area (Å²) < 4.78 is 27.5. The number of thioether (sulfide) groups is 1. The zero-order valence-electron chi connectivity index (χ0n) is 11.4. The number of sulfonamides is 1. The molecule has 4 nitrogen and oxygen atoms in total. The second-order valence-electron chi connectivity index (χ2n) is 4.81. The topological polar surface area (TPSA) is 58.2 Å². The van der Waals surface area contributed by atoms with Crippen molar-refractivity contribution in [3.8, 4) is 0 Å². The highest BCUT2D eigenvalue weighted by atomic mass is 79.9. The molecule has 7 heteroatoms. The molecule has 2 N–H and O–H groups in total. The van der Waals surface area contributed by atoms with E-state index in [4.69, 9.17) is 0 Å². The zero-order valence-corrected chi connectivity index (χ0v) is 14.6. The summed E-state index contributed by atoms with van der Waals surface area (Å²) in [6.07, 6.45) is 4.44. The quantitative estimate of drug-likeness (QED) is 0.681. The molecular formula is C13H19BrN2O2S2. The summed E-state index contributed by atoms with van der Waals surface area (Å²) in [6, 6.07) is 6.04. The molecular weight excluding hydrogens is 360 g/mol. The molecule has 20 heavy (non-hydrogen) atoms. The maximum Gasteiger partial charge on any atom is 0.241 e. The lowest BCUT2D eigenvalue weighted by atomic mass is 10.2. The molecule has 1 aliphatic carbocycles. The predicted molar refractivity (Wildman–Crippen MR) is 87.6 cm³/mol. The molecule has 1 aromatic carbocycles. The Bertz CT molecular complexity index is 559. The van der Waals surface area contributed by atoms with Crippen LogP contribution in [-0.4, -0.2) is 33.0 Å². The van der Waals surface area contributed by atoms with Crippen LogP contribution in [0.4, 0.5) is 0 Å². The molecule has 1 fully saturated rings. The fraction of sp³-hybridized carbons (Fsp3) is 0.538. The third kappa shape index (κ3) is 4.73. The first kappa shape index (κ1) is 16.3. The van der Waals surface area contributed by atoms with Gasteiger partial charge in [-0.2, -0.15) is 11.8 Å². The van der Waals surface area contributed by atoms with Crippen LogP contribution in [-0.2, 0) is 16.6 Å². The van der Waals surface area contributed by atoms with Crippen molar-refractivity contribution in [1.82, 2.24) is 10.0 Å². The van der Waals surface area contributed by atoms with E-state index >= 15 is 0 Å². The van der Waals surface area contributed by atoms with Gasteiger partial charge in [0.1, 0.15) is 0 Å². The minimum atomic E-state index is -3.43. The Morgan fingerprint density at radius 1 is 1.40 bits per heavy atom. The Morgan fingerprint density at radius 3 is 2.75 bits per heavy atom. The van der Waals surface area contributed by atoms with Crippen molar-refractivity contribution in [2.24, 2.45) is 0 Å². The highest BCUT2D eigenvalue weighted by molar-refractivity contribution is 9.10. The molecule has 1 saturated carbocycles. The van der Waals surface area contributed by atoms with Crippen molar-refractivity contribution in [2.45, 2.75) is 30.3 Å². The number of hydrogen-bond donors (Lipinski definition) is 2. The summed E-state index contributed by atoms with van der Waals surface area (Å²) in [5, 5.41) is 3.41. The molecule has 0 saturated heterocycles. The van der Waals surface area contributed by atoms with E-state index in [-0.39, 0.29) is 0 Å². The molecule has 112 valence electrons. The molecule has 1 aromatic rings. The van der Waals surface area contributed by atoms with Crippen molar-refractivity contribution < 1.29 is 8.42 Å². The Balaban J connectivity index is 2.03. The molecule has 0 heterocycles. The van der Waals surface area contributed by atoms with E-state index < -0.39 is 10.0 Å². The van der Waals surface area contributed by atoms with Crippen LogP contribution in [0.1, 0.15) is 18.4 Å². The number of rotatable bonds is 8. The van der Waals surface area contributed by atoms with Crippen LogP contribution >= 0.6 is 27.7 Å². The molecule has 0 atom stereocenters. The third-order valence-corrected chi connectivity index (χ3v) is 6.11. The van der Waals surface area contributed by atoms with Gasteiger partial charge in [0.2, 0.25) is 10.0 Å². The molecule has 0 spiro atoms. The van der Waals surface area contributed by atoms with Crippen LogP contribution in [0.2, 0.25) is 0 Å². The molecule has 0 aromatic heterocycles. The average molecular weight is 379 g/mol. The van der Waals surface area contributed by atoms with E-state index in [1.54, 1.807) is 17.8 Å². The number of nitrogens with one attached hydrogen (secondary N) is 2. The minimum absolute atomic E-state index is 0.300. The first-order valence-electron chi connectivity index (χ1n) is 6.53. The minimum Gasteiger partial charge on any atom is -0.310 e. The van der Waals surface area contributed by atoms with E-state index in [9.17, 15) is 8.42 Å². The van der Waals surface area contributed by atoms with Gasteiger partial charge in [0.05, 0.1) is 4.90 Å². The lowest BCUT2D eigenvalue weighted by molar-refractivity contribution is 0.583. The second-order valence-corrected chi connectivity index (χ2v) is 8.39. The fourth-order valence-corrected chi connectivity index (χ4v) is 4.37. The lowest BCUT2D eigenvalue weighted by Crippen LogP contribution is -2.26. The Hall–Kier alpha value is -0.0800. The summed E-state index contributed by atoms with van der Waals surface area (Å²) in [5.41, 5.74) is 1.09. The number of halogens is 1. The molecule has 2 rings (SSSR count). The van der Waals surface area contributed by atoms with Gasteiger partial charge in [-0.3, -0.25) is 0 Å². The number of benzene rings is 1. The maximum atomic E-state index is 12.1. The van der Waals surface area contributed by atoms with E-state index in [0.717, 1.165) is 17.9 Å². The standard InChI is InChI=1S/C13H19BrN2O2S2/c1-19-7-6-16-20(17,18)13-5-2-10(8-12(13)14)9-15-11-3-4-11/h2,5,8,11,15-16H,3-4,6-7,9H2,1H3. The predicted octanol–water partition coefficient (Wildman–Crippen LogP) is 2.34. The van der Waals surface area contributed by atoms with Gasteiger partial charge in [0.15, 0.2) is 0 Å². The zero-order chi connectivity index (χ0) is 14.6. The van der Waals surface area contributed by atoms with Gasteiger partial charge >= 0.3 is 0 Å². The summed E-state index contributed by atoms with van der Waals surface area (Å²) >= 11 is 4.97. The van der Waals surface area contributed by atoms with Crippen molar-refractivity contribution >= 4 is 37.7 Å². The first-order chi connectivity index (χ1) is 9.53. The van der Waals surface area contributed by atoms with E-state index in [1.165, 1.54) is 12.8 Å². The van der Waals surface area contributed by atoms with E-state index in [2.05, 4.69) is 26.0 Å². The summed E-state index contributed by atoms with van der Waals surface area (Å²) in [4.78, 5) is 0.300. The smallest absolute Gasteiger partial charge is 0.241 e. The van der Waals surface area contributed by atoms with Gasteiger partial charge in [0.25, 0.3) is 0 Å². The van der Waals surface area contributed by atoms with Crippen molar-refractivity contribution in [1.29, 1.82) is 0 Å². The molecule has 0 amide bonds. The lowest BCUT2D eigenvalue weighted by Gasteiger charge is -2.10. The fourth-order valence-electron chi connectivity index (χ4n) is 1.78. The van der Waals surface area contributed by atoms with E-state index in [1.807, 2.05) is 18.4 Å². The van der Waals surface area contributed by atoms with Crippen LogP contribution < -0.4 is 10.0 Å². The Morgan fingerprint density at radius 2 is 2.15 bits per heavy atom. The molecule has 0 bridgehead atoms. The summed E-state index contributed by atoms with van der Waals surface area (Å²) in [7, 11) is -3.43. The van der Waals surface area contributed by atoms with Crippen molar-refractivity contribution in [3.05, 3.63) is 28.2 Å². The molecule has 0 radical (unpaired) electrons.